The molecule has 4 nitrogen and oxygen atoms in total. The van der Waals surface area contributed by atoms with Gasteiger partial charge in [0.25, 0.3) is 0 Å². The summed E-state index contributed by atoms with van der Waals surface area (Å²) in [6.45, 7) is 8.53. The van der Waals surface area contributed by atoms with Crippen LogP contribution in [0.4, 0.5) is 0 Å². The van der Waals surface area contributed by atoms with Crippen molar-refractivity contribution >= 4 is 5.97 Å². The van der Waals surface area contributed by atoms with Crippen molar-refractivity contribution in [3.63, 3.8) is 0 Å². The lowest BCUT2D eigenvalue weighted by molar-refractivity contribution is -0.156. The lowest BCUT2D eigenvalue weighted by atomic mass is 9.80. The predicted molar refractivity (Wildman–Crippen MR) is 64.6 cm³/mol. The third-order valence-electron chi connectivity index (χ3n) is 3.39. The van der Waals surface area contributed by atoms with Crippen LogP contribution in [0.3, 0.4) is 0 Å². The van der Waals surface area contributed by atoms with Gasteiger partial charge in [0.15, 0.2) is 0 Å². The van der Waals surface area contributed by atoms with Gasteiger partial charge in [-0.1, -0.05) is 0 Å². The molecule has 3 atom stereocenters. The molecular weight excluding hydrogens is 220 g/mol. The molecule has 0 aromatic rings. The standard InChI is InChI=1S/C13H24O4/c1-5-16-12(15)9(2)11(14)10-6-7-17-13(3,4)8-10/h9-11,14H,5-8H2,1-4H3/t9-,10+,11+/m0/s1. The molecule has 0 radical (unpaired) electrons. The number of hydrogen-bond donors (Lipinski definition) is 1. The van der Waals surface area contributed by atoms with E-state index in [-0.39, 0.29) is 17.5 Å². The highest BCUT2D eigenvalue weighted by Crippen LogP contribution is 2.33. The molecule has 1 N–H and O–H groups in total. The van der Waals surface area contributed by atoms with Crippen LogP contribution in [-0.2, 0) is 14.3 Å². The smallest absolute Gasteiger partial charge is 0.311 e. The quantitative estimate of drug-likeness (QED) is 0.765. The minimum atomic E-state index is -0.641. The average molecular weight is 244 g/mol. The summed E-state index contributed by atoms with van der Waals surface area (Å²) in [5.41, 5.74) is -0.210. The van der Waals surface area contributed by atoms with Gasteiger partial charge < -0.3 is 14.6 Å². The van der Waals surface area contributed by atoms with E-state index in [2.05, 4.69) is 0 Å². The van der Waals surface area contributed by atoms with E-state index >= 15 is 0 Å². The third-order valence-corrected chi connectivity index (χ3v) is 3.39. The molecule has 1 fully saturated rings. The van der Waals surface area contributed by atoms with Crippen LogP contribution in [0.1, 0.15) is 40.5 Å². The van der Waals surface area contributed by atoms with Crippen molar-refractivity contribution in [3.8, 4) is 0 Å². The van der Waals surface area contributed by atoms with Crippen LogP contribution in [0.5, 0.6) is 0 Å². The minimum absolute atomic E-state index is 0.109. The first-order valence-electron chi connectivity index (χ1n) is 6.36. The summed E-state index contributed by atoms with van der Waals surface area (Å²) in [7, 11) is 0. The Balaban J connectivity index is 2.56. The van der Waals surface area contributed by atoms with E-state index in [1.54, 1.807) is 13.8 Å². The lowest BCUT2D eigenvalue weighted by Crippen LogP contribution is -2.42. The van der Waals surface area contributed by atoms with E-state index in [9.17, 15) is 9.90 Å². The molecule has 0 amide bonds. The fourth-order valence-electron chi connectivity index (χ4n) is 2.39. The molecule has 1 heterocycles. The maximum Gasteiger partial charge on any atom is 0.311 e. The van der Waals surface area contributed by atoms with Crippen molar-refractivity contribution in [1.82, 2.24) is 0 Å². The third kappa shape index (κ3) is 3.96. The normalized spacial score (nSPS) is 27.2. The van der Waals surface area contributed by atoms with Gasteiger partial charge in [0.05, 0.1) is 24.2 Å². The second-order valence-electron chi connectivity index (χ2n) is 5.39. The van der Waals surface area contributed by atoms with Crippen LogP contribution >= 0.6 is 0 Å². The van der Waals surface area contributed by atoms with E-state index in [0.29, 0.717) is 13.2 Å². The topological polar surface area (TPSA) is 55.8 Å². The Bertz CT molecular complexity index is 262. The molecule has 1 rings (SSSR count). The van der Waals surface area contributed by atoms with Gasteiger partial charge in [0.1, 0.15) is 0 Å². The van der Waals surface area contributed by atoms with Crippen molar-refractivity contribution in [1.29, 1.82) is 0 Å². The fourth-order valence-corrected chi connectivity index (χ4v) is 2.39. The zero-order valence-electron chi connectivity index (χ0n) is 11.2. The molecule has 0 bridgehead atoms. The monoisotopic (exact) mass is 244 g/mol. The van der Waals surface area contributed by atoms with Crippen molar-refractivity contribution < 1.29 is 19.4 Å². The van der Waals surface area contributed by atoms with E-state index in [1.165, 1.54) is 0 Å². The number of ether oxygens (including phenoxy) is 2. The first-order valence-corrected chi connectivity index (χ1v) is 6.36. The molecular formula is C13H24O4. The Kier molecular flexibility index (Phi) is 4.95. The predicted octanol–water partition coefficient (Wildman–Crippen LogP) is 1.75. The van der Waals surface area contributed by atoms with Crippen LogP contribution in [0.2, 0.25) is 0 Å². The SMILES string of the molecule is CCOC(=O)[C@@H](C)[C@@H](O)[C@@H]1CCOC(C)(C)C1. The molecule has 1 aliphatic rings. The summed E-state index contributed by atoms with van der Waals surface area (Å²) in [4.78, 5) is 11.6. The largest absolute Gasteiger partial charge is 0.466 e. The van der Waals surface area contributed by atoms with Gasteiger partial charge >= 0.3 is 5.97 Å². The van der Waals surface area contributed by atoms with Crippen molar-refractivity contribution in [2.24, 2.45) is 11.8 Å². The molecule has 17 heavy (non-hydrogen) atoms. The van der Waals surface area contributed by atoms with Crippen LogP contribution in [0.25, 0.3) is 0 Å². The van der Waals surface area contributed by atoms with Gasteiger partial charge in [-0.15, -0.1) is 0 Å². The summed E-state index contributed by atoms with van der Waals surface area (Å²) in [6, 6.07) is 0. The number of aliphatic hydroxyl groups excluding tert-OH is 1. The van der Waals surface area contributed by atoms with Gasteiger partial charge in [-0.25, -0.2) is 0 Å². The van der Waals surface area contributed by atoms with Crippen LogP contribution < -0.4 is 0 Å². The highest BCUT2D eigenvalue weighted by Gasteiger charge is 2.37. The van der Waals surface area contributed by atoms with E-state index in [0.717, 1.165) is 12.8 Å². The molecule has 1 saturated heterocycles. The minimum Gasteiger partial charge on any atom is -0.466 e. The van der Waals surface area contributed by atoms with Gasteiger partial charge in [0.2, 0.25) is 0 Å². The van der Waals surface area contributed by atoms with Crippen molar-refractivity contribution in [3.05, 3.63) is 0 Å². The number of rotatable bonds is 4. The van der Waals surface area contributed by atoms with Gasteiger partial charge in [-0.3, -0.25) is 4.79 Å². The number of esters is 1. The molecule has 0 spiro atoms. The molecule has 0 saturated carbocycles. The van der Waals surface area contributed by atoms with Gasteiger partial charge in [-0.05, 0) is 46.5 Å². The summed E-state index contributed by atoms with van der Waals surface area (Å²) < 4.78 is 10.5. The van der Waals surface area contributed by atoms with E-state index in [1.807, 2.05) is 13.8 Å². The first-order chi connectivity index (χ1) is 7.87. The fraction of sp³-hybridized carbons (Fsp3) is 0.923. The number of carbonyl (C=O) groups is 1. The molecule has 0 aromatic carbocycles. The zero-order valence-corrected chi connectivity index (χ0v) is 11.2. The van der Waals surface area contributed by atoms with Crippen LogP contribution in [0, 0.1) is 11.8 Å². The summed E-state index contributed by atoms with van der Waals surface area (Å²) in [5.74, 6) is -0.670. The zero-order chi connectivity index (χ0) is 13.1. The number of aliphatic hydroxyl groups is 1. The Hall–Kier alpha value is -0.610. The van der Waals surface area contributed by atoms with Gasteiger partial charge in [0, 0.05) is 6.61 Å². The Morgan fingerprint density at radius 3 is 2.76 bits per heavy atom. The van der Waals surface area contributed by atoms with Crippen molar-refractivity contribution in [2.75, 3.05) is 13.2 Å². The van der Waals surface area contributed by atoms with Crippen LogP contribution in [0.15, 0.2) is 0 Å². The average Bonchev–Trinajstić information content (AvgIpc) is 2.26. The van der Waals surface area contributed by atoms with E-state index in [4.69, 9.17) is 9.47 Å². The molecule has 4 heteroatoms. The summed E-state index contributed by atoms with van der Waals surface area (Å²) in [5, 5.41) is 10.2. The molecule has 0 aliphatic carbocycles. The van der Waals surface area contributed by atoms with Crippen molar-refractivity contribution in [2.45, 2.75) is 52.2 Å². The molecule has 0 aromatic heterocycles. The number of carbonyl (C=O) groups excluding carboxylic acids is 1. The summed E-state index contributed by atoms with van der Waals surface area (Å²) in [6.07, 6.45) is 0.934. The first kappa shape index (κ1) is 14.5. The van der Waals surface area contributed by atoms with E-state index < -0.39 is 12.0 Å². The Labute approximate surface area is 103 Å². The second-order valence-corrected chi connectivity index (χ2v) is 5.39. The highest BCUT2D eigenvalue weighted by atomic mass is 16.5. The Morgan fingerprint density at radius 2 is 2.24 bits per heavy atom. The molecule has 1 aliphatic heterocycles. The second kappa shape index (κ2) is 5.83. The Morgan fingerprint density at radius 1 is 1.59 bits per heavy atom. The maximum atomic E-state index is 11.6. The summed E-state index contributed by atoms with van der Waals surface area (Å²) >= 11 is 0. The number of hydrogen-bond acceptors (Lipinski definition) is 4. The van der Waals surface area contributed by atoms with Gasteiger partial charge in [-0.2, -0.15) is 0 Å². The molecule has 0 unspecified atom stereocenters. The maximum absolute atomic E-state index is 11.6. The highest BCUT2D eigenvalue weighted by molar-refractivity contribution is 5.72. The molecule has 100 valence electrons. The lowest BCUT2D eigenvalue weighted by Gasteiger charge is -2.38. The van der Waals surface area contributed by atoms with Crippen LogP contribution in [-0.4, -0.2) is 36.0 Å².